The topological polar surface area (TPSA) is 87.9 Å². The normalized spacial score (nSPS) is 17.0. The molecule has 0 radical (unpaired) electrons. The quantitative estimate of drug-likeness (QED) is 0.352. The summed E-state index contributed by atoms with van der Waals surface area (Å²) >= 11 is 0. The van der Waals surface area contributed by atoms with Crippen molar-refractivity contribution in [3.05, 3.63) is 29.8 Å². The number of hydrogen-bond acceptors (Lipinski definition) is 5. The Kier molecular flexibility index (Phi) is 5.35. The zero-order valence-electron chi connectivity index (χ0n) is 12.9. The van der Waals surface area contributed by atoms with E-state index in [9.17, 15) is 9.59 Å². The molecule has 22 heavy (non-hydrogen) atoms. The number of nitrogens with two attached hydrogens (primary N) is 1. The molecule has 0 aromatic heterocycles. The van der Waals surface area contributed by atoms with Gasteiger partial charge >= 0.3 is 11.8 Å². The molecule has 120 valence electrons. The van der Waals surface area contributed by atoms with Crippen molar-refractivity contribution in [1.29, 1.82) is 0 Å². The lowest BCUT2D eigenvalue weighted by Crippen LogP contribution is -2.53. The van der Waals surface area contributed by atoms with Crippen LogP contribution >= 0.6 is 0 Å². The predicted octanol–water partition coefficient (Wildman–Crippen LogP) is -0.110. The maximum absolute atomic E-state index is 11.7. The van der Waals surface area contributed by atoms with E-state index in [1.165, 1.54) is 10.5 Å². The first kappa shape index (κ1) is 16.3. The van der Waals surface area contributed by atoms with E-state index in [1.807, 2.05) is 29.7 Å². The summed E-state index contributed by atoms with van der Waals surface area (Å²) in [5.41, 5.74) is 3.07. The lowest BCUT2D eigenvalue weighted by atomic mass is 10.1. The molecule has 1 atom stereocenters. The minimum atomic E-state index is -0.767. The Hall–Kier alpha value is -2.12. The zero-order chi connectivity index (χ0) is 16.1. The molecular formula is C15H22N4O3. The average molecular weight is 306 g/mol. The molecule has 7 nitrogen and oxygen atoms in total. The Morgan fingerprint density at radius 3 is 2.27 bits per heavy atom. The van der Waals surface area contributed by atoms with Crippen LogP contribution in [0.25, 0.3) is 0 Å². The molecule has 2 rings (SSSR count). The average Bonchev–Trinajstić information content (AvgIpc) is 2.60. The minimum Gasteiger partial charge on any atom is -0.497 e. The number of carbonyl (C=O) groups is 2. The highest BCUT2D eigenvalue weighted by Crippen LogP contribution is 2.23. The van der Waals surface area contributed by atoms with Gasteiger partial charge in [-0.3, -0.25) is 19.9 Å². The number of methoxy groups -OCH3 is 1. The summed E-state index contributed by atoms with van der Waals surface area (Å²) in [5.74, 6) is 4.48. The van der Waals surface area contributed by atoms with Crippen LogP contribution in [0, 0.1) is 0 Å². The first-order chi connectivity index (χ1) is 10.6. The van der Waals surface area contributed by atoms with Gasteiger partial charge in [0.15, 0.2) is 0 Å². The Balaban J connectivity index is 1.93. The molecule has 1 unspecified atom stereocenters. The van der Waals surface area contributed by atoms with Gasteiger partial charge in [-0.05, 0) is 24.6 Å². The number of hydrogen-bond donors (Lipinski definition) is 2. The highest BCUT2D eigenvalue weighted by atomic mass is 16.5. The van der Waals surface area contributed by atoms with Crippen molar-refractivity contribution in [3.63, 3.8) is 0 Å². The maximum atomic E-state index is 11.7. The standard InChI is InChI=1S/C15H22N4O3/c1-11(12-3-5-13(22-2)6-4-12)18-7-9-19(10-8-18)15(21)14(20)17-16/h3-6,11H,7-10,16H2,1-2H3,(H,17,20). The molecule has 0 saturated carbocycles. The van der Waals surface area contributed by atoms with Crippen molar-refractivity contribution < 1.29 is 14.3 Å². The van der Waals surface area contributed by atoms with Gasteiger partial charge in [-0.15, -0.1) is 0 Å². The van der Waals surface area contributed by atoms with E-state index in [-0.39, 0.29) is 6.04 Å². The van der Waals surface area contributed by atoms with Crippen molar-refractivity contribution in [1.82, 2.24) is 15.2 Å². The van der Waals surface area contributed by atoms with Gasteiger partial charge < -0.3 is 9.64 Å². The SMILES string of the molecule is COc1ccc(C(C)N2CCN(C(=O)C(=O)NN)CC2)cc1. The molecule has 7 heteroatoms. The molecule has 3 N–H and O–H groups in total. The second-order valence-corrected chi connectivity index (χ2v) is 5.25. The summed E-state index contributed by atoms with van der Waals surface area (Å²) in [6.45, 7) is 4.61. The summed E-state index contributed by atoms with van der Waals surface area (Å²) in [6, 6.07) is 8.21. The van der Waals surface area contributed by atoms with Crippen LogP contribution in [0.4, 0.5) is 0 Å². The van der Waals surface area contributed by atoms with Gasteiger partial charge in [0.1, 0.15) is 5.75 Å². The monoisotopic (exact) mass is 306 g/mol. The molecule has 2 amide bonds. The maximum Gasteiger partial charge on any atom is 0.323 e. The summed E-state index contributed by atoms with van der Waals surface area (Å²) in [7, 11) is 1.64. The largest absolute Gasteiger partial charge is 0.497 e. The van der Waals surface area contributed by atoms with E-state index >= 15 is 0 Å². The first-order valence-corrected chi connectivity index (χ1v) is 7.24. The molecule has 1 saturated heterocycles. The van der Waals surface area contributed by atoms with Crippen LogP contribution in [-0.2, 0) is 9.59 Å². The number of hydrazine groups is 1. The van der Waals surface area contributed by atoms with Gasteiger partial charge in [0, 0.05) is 32.2 Å². The number of nitrogens with zero attached hydrogens (tertiary/aromatic N) is 2. The third-order valence-corrected chi connectivity index (χ3v) is 4.07. The Morgan fingerprint density at radius 1 is 1.18 bits per heavy atom. The summed E-state index contributed by atoms with van der Waals surface area (Å²) in [6.07, 6.45) is 0. The molecule has 0 bridgehead atoms. The van der Waals surface area contributed by atoms with E-state index in [1.54, 1.807) is 7.11 Å². The summed E-state index contributed by atoms with van der Waals surface area (Å²) < 4.78 is 5.16. The molecule has 0 spiro atoms. The van der Waals surface area contributed by atoms with Crippen molar-refractivity contribution >= 4 is 11.8 Å². The van der Waals surface area contributed by atoms with Crippen LogP contribution in [0.1, 0.15) is 18.5 Å². The molecule has 1 aromatic carbocycles. The zero-order valence-corrected chi connectivity index (χ0v) is 12.9. The molecule has 1 heterocycles. The first-order valence-electron chi connectivity index (χ1n) is 7.24. The molecule has 0 aliphatic carbocycles. The number of benzene rings is 1. The van der Waals surface area contributed by atoms with Gasteiger partial charge in [-0.1, -0.05) is 12.1 Å². The van der Waals surface area contributed by atoms with Gasteiger partial charge in [0.25, 0.3) is 0 Å². The molecule has 1 aliphatic heterocycles. The van der Waals surface area contributed by atoms with Crippen LogP contribution < -0.4 is 16.0 Å². The van der Waals surface area contributed by atoms with E-state index < -0.39 is 11.8 Å². The van der Waals surface area contributed by atoms with E-state index in [2.05, 4.69) is 11.8 Å². The highest BCUT2D eigenvalue weighted by Gasteiger charge is 2.27. The fourth-order valence-corrected chi connectivity index (χ4v) is 2.61. The van der Waals surface area contributed by atoms with Gasteiger partial charge in [0.05, 0.1) is 7.11 Å². The van der Waals surface area contributed by atoms with Crippen molar-refractivity contribution in [2.24, 2.45) is 5.84 Å². The number of ether oxygens (including phenoxy) is 1. The smallest absolute Gasteiger partial charge is 0.323 e. The Bertz CT molecular complexity index is 524. The van der Waals surface area contributed by atoms with Crippen molar-refractivity contribution in [2.45, 2.75) is 13.0 Å². The van der Waals surface area contributed by atoms with Crippen molar-refractivity contribution in [2.75, 3.05) is 33.3 Å². The molecule has 1 aliphatic rings. The number of rotatable bonds is 3. The fraction of sp³-hybridized carbons (Fsp3) is 0.467. The second-order valence-electron chi connectivity index (χ2n) is 5.25. The fourth-order valence-electron chi connectivity index (χ4n) is 2.61. The van der Waals surface area contributed by atoms with E-state index in [4.69, 9.17) is 10.6 Å². The van der Waals surface area contributed by atoms with Gasteiger partial charge in [-0.2, -0.15) is 0 Å². The summed E-state index contributed by atoms with van der Waals surface area (Å²) in [4.78, 5) is 26.8. The van der Waals surface area contributed by atoms with E-state index in [0.29, 0.717) is 13.1 Å². The molecule has 1 aromatic rings. The summed E-state index contributed by atoms with van der Waals surface area (Å²) in [5, 5.41) is 0. The third-order valence-electron chi connectivity index (χ3n) is 4.07. The van der Waals surface area contributed by atoms with Crippen LogP contribution in [0.15, 0.2) is 24.3 Å². The lowest BCUT2D eigenvalue weighted by molar-refractivity contribution is -0.147. The lowest BCUT2D eigenvalue weighted by Gasteiger charge is -2.37. The number of amides is 2. The van der Waals surface area contributed by atoms with Crippen LogP contribution in [0.2, 0.25) is 0 Å². The Morgan fingerprint density at radius 2 is 1.77 bits per heavy atom. The number of nitrogens with one attached hydrogen (secondary N) is 1. The number of piperazine rings is 1. The molecular weight excluding hydrogens is 284 g/mol. The van der Waals surface area contributed by atoms with Gasteiger partial charge in [0.2, 0.25) is 0 Å². The number of carbonyl (C=O) groups excluding carboxylic acids is 2. The van der Waals surface area contributed by atoms with Crippen LogP contribution in [-0.4, -0.2) is 54.9 Å². The highest BCUT2D eigenvalue weighted by molar-refractivity contribution is 6.34. The van der Waals surface area contributed by atoms with Crippen LogP contribution in [0.3, 0.4) is 0 Å². The second kappa shape index (κ2) is 7.24. The minimum absolute atomic E-state index is 0.242. The van der Waals surface area contributed by atoms with Gasteiger partial charge in [-0.25, -0.2) is 5.84 Å². The van der Waals surface area contributed by atoms with E-state index in [0.717, 1.165) is 18.8 Å². The van der Waals surface area contributed by atoms with Crippen LogP contribution in [0.5, 0.6) is 5.75 Å². The predicted molar refractivity (Wildman–Crippen MR) is 81.9 cm³/mol. The van der Waals surface area contributed by atoms with Crippen molar-refractivity contribution in [3.8, 4) is 5.75 Å². The molecule has 1 fully saturated rings. The Labute approximate surface area is 130 Å². The third kappa shape index (κ3) is 3.55.